The summed E-state index contributed by atoms with van der Waals surface area (Å²) in [5.74, 6) is 0. The molecule has 18 heavy (non-hydrogen) atoms. The minimum atomic E-state index is 0.507. The summed E-state index contributed by atoms with van der Waals surface area (Å²) in [6, 6.07) is 2.52. The first-order chi connectivity index (χ1) is 8.54. The van der Waals surface area contributed by atoms with Crippen molar-refractivity contribution in [3.05, 3.63) is 33.9 Å². The molecule has 0 heterocycles. The molecule has 0 nitrogen and oxygen atoms in total. The second-order valence-electron chi connectivity index (χ2n) is 7.56. The van der Waals surface area contributed by atoms with Gasteiger partial charge in [0.25, 0.3) is 0 Å². The maximum atomic E-state index is 2.54. The molecule has 1 aromatic carbocycles. The van der Waals surface area contributed by atoms with Crippen LogP contribution >= 0.6 is 0 Å². The molecule has 0 bridgehead atoms. The van der Waals surface area contributed by atoms with Crippen molar-refractivity contribution in [2.24, 2.45) is 0 Å². The van der Waals surface area contributed by atoms with Crippen LogP contribution in [0.4, 0.5) is 0 Å². The topological polar surface area (TPSA) is 0 Å². The second kappa shape index (κ2) is 3.21. The third-order valence-corrected chi connectivity index (χ3v) is 6.28. The molecule has 0 aliphatic heterocycles. The number of aryl methyl sites for hydroxylation is 2. The van der Waals surface area contributed by atoms with E-state index in [1.54, 1.807) is 22.3 Å². The monoisotopic (exact) mass is 240 g/mol. The molecule has 2 unspecified atom stereocenters. The Kier molecular flexibility index (Phi) is 1.98. The summed E-state index contributed by atoms with van der Waals surface area (Å²) >= 11 is 0. The fourth-order valence-electron chi connectivity index (χ4n) is 5.17. The first kappa shape index (κ1) is 11.1. The molecule has 4 rings (SSSR count). The molecule has 0 radical (unpaired) electrons. The van der Waals surface area contributed by atoms with Gasteiger partial charge in [0.2, 0.25) is 0 Å². The number of hydrogen-bond acceptors (Lipinski definition) is 0. The van der Waals surface area contributed by atoms with Crippen molar-refractivity contribution in [3.8, 4) is 0 Å². The van der Waals surface area contributed by atoms with E-state index < -0.39 is 0 Å². The highest BCUT2D eigenvalue weighted by Gasteiger charge is 2.48. The Morgan fingerprint density at radius 3 is 2.39 bits per heavy atom. The van der Waals surface area contributed by atoms with Crippen LogP contribution in [0.1, 0.15) is 73.8 Å². The van der Waals surface area contributed by atoms with E-state index in [0.29, 0.717) is 10.8 Å². The van der Waals surface area contributed by atoms with Crippen LogP contribution in [-0.4, -0.2) is 0 Å². The van der Waals surface area contributed by atoms with Crippen LogP contribution in [0, 0.1) is 6.92 Å². The molecule has 0 saturated carbocycles. The average molecular weight is 240 g/mol. The molecule has 3 aliphatic carbocycles. The van der Waals surface area contributed by atoms with E-state index >= 15 is 0 Å². The lowest BCUT2D eigenvalue weighted by atomic mass is 9.57. The molecule has 0 heteroatoms. The van der Waals surface area contributed by atoms with E-state index in [1.165, 1.54) is 44.9 Å². The van der Waals surface area contributed by atoms with Crippen molar-refractivity contribution in [3.63, 3.8) is 0 Å². The SMILES string of the molecule is Cc1cc2c3c4c1CCCC4(C)CCC3(C)CC2. The summed E-state index contributed by atoms with van der Waals surface area (Å²) in [7, 11) is 0. The third-order valence-electron chi connectivity index (χ3n) is 6.28. The summed E-state index contributed by atoms with van der Waals surface area (Å²) < 4.78 is 0. The summed E-state index contributed by atoms with van der Waals surface area (Å²) in [6.07, 6.45) is 9.73. The van der Waals surface area contributed by atoms with E-state index in [-0.39, 0.29) is 0 Å². The van der Waals surface area contributed by atoms with E-state index in [9.17, 15) is 0 Å². The average Bonchev–Trinajstić information content (AvgIpc) is 2.67. The van der Waals surface area contributed by atoms with Gasteiger partial charge in [-0.15, -0.1) is 0 Å². The molecule has 0 saturated heterocycles. The molecule has 0 spiro atoms. The van der Waals surface area contributed by atoms with Crippen molar-refractivity contribution in [2.45, 2.75) is 76.5 Å². The van der Waals surface area contributed by atoms with Crippen LogP contribution < -0.4 is 0 Å². The zero-order valence-corrected chi connectivity index (χ0v) is 12.0. The standard InChI is InChI=1S/C18H24/c1-12-11-13-6-8-18(3)10-9-17(2)7-4-5-14(12)16(17)15(13)18/h11H,4-10H2,1-3H3. The van der Waals surface area contributed by atoms with Gasteiger partial charge in [-0.1, -0.05) is 19.9 Å². The lowest BCUT2D eigenvalue weighted by molar-refractivity contribution is 0.268. The molecule has 3 aliphatic rings. The number of benzene rings is 1. The molecule has 2 atom stereocenters. The normalized spacial score (nSPS) is 36.6. The first-order valence-corrected chi connectivity index (χ1v) is 7.70. The van der Waals surface area contributed by atoms with Crippen LogP contribution in [0.15, 0.2) is 6.07 Å². The maximum Gasteiger partial charge on any atom is -0.00660 e. The van der Waals surface area contributed by atoms with Crippen molar-refractivity contribution in [2.75, 3.05) is 0 Å². The summed E-state index contributed by atoms with van der Waals surface area (Å²) in [5, 5.41) is 0. The quantitative estimate of drug-likeness (QED) is 0.622. The van der Waals surface area contributed by atoms with Crippen LogP contribution in [0.2, 0.25) is 0 Å². The summed E-state index contributed by atoms with van der Waals surface area (Å²) in [4.78, 5) is 0. The minimum absolute atomic E-state index is 0.507. The zero-order valence-electron chi connectivity index (χ0n) is 12.0. The Bertz CT molecular complexity index is 539. The Morgan fingerprint density at radius 2 is 1.61 bits per heavy atom. The predicted molar refractivity (Wildman–Crippen MR) is 76.4 cm³/mol. The Hall–Kier alpha value is -0.780. The Morgan fingerprint density at radius 1 is 0.889 bits per heavy atom. The lowest BCUT2D eigenvalue weighted by Crippen LogP contribution is -2.39. The van der Waals surface area contributed by atoms with Crippen LogP contribution in [0.3, 0.4) is 0 Å². The van der Waals surface area contributed by atoms with Gasteiger partial charge in [-0.2, -0.15) is 0 Å². The van der Waals surface area contributed by atoms with Crippen LogP contribution in [-0.2, 0) is 23.7 Å². The zero-order chi connectivity index (χ0) is 12.5. The van der Waals surface area contributed by atoms with Gasteiger partial charge in [0.15, 0.2) is 0 Å². The molecule has 96 valence electrons. The van der Waals surface area contributed by atoms with E-state index in [2.05, 4.69) is 26.8 Å². The fraction of sp³-hybridized carbons (Fsp3) is 0.667. The minimum Gasteiger partial charge on any atom is -0.0555 e. The molecular weight excluding hydrogens is 216 g/mol. The van der Waals surface area contributed by atoms with Gasteiger partial charge in [-0.05, 0) is 90.5 Å². The molecule has 0 aromatic heterocycles. The molecule has 0 N–H and O–H groups in total. The van der Waals surface area contributed by atoms with Gasteiger partial charge in [0, 0.05) is 0 Å². The van der Waals surface area contributed by atoms with Gasteiger partial charge >= 0.3 is 0 Å². The number of hydrogen-bond donors (Lipinski definition) is 0. The van der Waals surface area contributed by atoms with Crippen LogP contribution in [0.25, 0.3) is 0 Å². The molecular formula is C18H24. The summed E-state index contributed by atoms with van der Waals surface area (Å²) in [5.41, 5.74) is 9.65. The van der Waals surface area contributed by atoms with E-state index in [4.69, 9.17) is 0 Å². The second-order valence-corrected chi connectivity index (χ2v) is 7.56. The highest BCUT2D eigenvalue weighted by Crippen LogP contribution is 2.57. The van der Waals surface area contributed by atoms with Crippen LogP contribution in [0.5, 0.6) is 0 Å². The van der Waals surface area contributed by atoms with E-state index in [1.807, 2.05) is 5.56 Å². The number of rotatable bonds is 0. The van der Waals surface area contributed by atoms with Gasteiger partial charge in [-0.3, -0.25) is 0 Å². The van der Waals surface area contributed by atoms with Crippen molar-refractivity contribution >= 4 is 0 Å². The Balaban J connectivity index is 2.11. The van der Waals surface area contributed by atoms with Gasteiger partial charge in [-0.25, -0.2) is 0 Å². The van der Waals surface area contributed by atoms with Gasteiger partial charge < -0.3 is 0 Å². The fourth-order valence-corrected chi connectivity index (χ4v) is 5.17. The van der Waals surface area contributed by atoms with Gasteiger partial charge in [0.05, 0.1) is 0 Å². The van der Waals surface area contributed by atoms with Crippen molar-refractivity contribution in [1.29, 1.82) is 0 Å². The van der Waals surface area contributed by atoms with Crippen molar-refractivity contribution in [1.82, 2.24) is 0 Å². The maximum absolute atomic E-state index is 2.54. The van der Waals surface area contributed by atoms with Gasteiger partial charge in [0.1, 0.15) is 0 Å². The predicted octanol–water partition coefficient (Wildman–Crippen LogP) is 4.59. The van der Waals surface area contributed by atoms with Crippen molar-refractivity contribution < 1.29 is 0 Å². The smallest absolute Gasteiger partial charge is 0.00660 e. The Labute approximate surface area is 111 Å². The first-order valence-electron chi connectivity index (χ1n) is 7.70. The third kappa shape index (κ3) is 1.17. The lowest BCUT2D eigenvalue weighted by Gasteiger charge is -2.47. The molecule has 0 amide bonds. The molecule has 1 aromatic rings. The molecule has 0 fully saturated rings. The highest BCUT2D eigenvalue weighted by molar-refractivity contribution is 5.57. The van der Waals surface area contributed by atoms with E-state index in [0.717, 1.165) is 0 Å². The summed E-state index contributed by atoms with van der Waals surface area (Å²) in [6.45, 7) is 7.42. The highest BCUT2D eigenvalue weighted by atomic mass is 14.5. The largest absolute Gasteiger partial charge is 0.0555 e.